The van der Waals surface area contributed by atoms with Crippen molar-refractivity contribution >= 4 is 23.1 Å². The Morgan fingerprint density at radius 3 is 2.21 bits per heavy atom. The zero-order chi connectivity index (χ0) is 21.0. The monoisotopic (exact) mass is 392 g/mol. The van der Waals surface area contributed by atoms with Gasteiger partial charge < -0.3 is 10.6 Å². The summed E-state index contributed by atoms with van der Waals surface area (Å²) in [4.78, 5) is 37.1. The van der Waals surface area contributed by atoms with E-state index in [1.807, 2.05) is 30.3 Å². The third-order valence-electron chi connectivity index (χ3n) is 4.71. The molecule has 0 fully saturated rings. The fourth-order valence-corrected chi connectivity index (χ4v) is 3.02. The average molecular weight is 392 g/mol. The molecule has 1 aromatic heterocycles. The van der Waals surface area contributed by atoms with Crippen LogP contribution >= 0.6 is 0 Å². The van der Waals surface area contributed by atoms with Crippen molar-refractivity contribution in [3.05, 3.63) is 86.6 Å². The van der Waals surface area contributed by atoms with E-state index in [2.05, 4.69) is 10.6 Å². The molecular weight excluding hydrogens is 368 g/mol. The summed E-state index contributed by atoms with van der Waals surface area (Å²) in [5.74, 6) is 0.376. The molecule has 0 atom stereocenters. The molecule has 29 heavy (non-hydrogen) atoms. The number of nitrogens with zero attached hydrogens (tertiary/aromatic N) is 2. The molecule has 0 aliphatic rings. The highest BCUT2D eigenvalue weighted by Crippen LogP contribution is 2.19. The third kappa shape index (κ3) is 4.45. The van der Waals surface area contributed by atoms with E-state index in [9.17, 15) is 14.4 Å². The number of hydrogen-bond donors (Lipinski definition) is 2. The predicted octanol–water partition coefficient (Wildman–Crippen LogP) is 3.00. The average Bonchev–Trinajstić information content (AvgIpc) is 2.74. The van der Waals surface area contributed by atoms with E-state index < -0.39 is 5.69 Å². The number of anilines is 3. The Balaban J connectivity index is 1.90. The van der Waals surface area contributed by atoms with Gasteiger partial charge in [-0.2, -0.15) is 0 Å². The maximum Gasteiger partial charge on any atom is 0.332 e. The van der Waals surface area contributed by atoms with E-state index in [0.29, 0.717) is 29.2 Å². The lowest BCUT2D eigenvalue weighted by molar-refractivity contribution is -0.115. The van der Waals surface area contributed by atoms with E-state index in [4.69, 9.17) is 0 Å². The van der Waals surface area contributed by atoms with Crippen molar-refractivity contribution in [2.45, 2.75) is 26.8 Å². The smallest absolute Gasteiger partial charge is 0.332 e. The molecule has 0 bridgehead atoms. The van der Waals surface area contributed by atoms with Crippen molar-refractivity contribution in [3.63, 3.8) is 0 Å². The largest absolute Gasteiger partial charge is 0.341 e. The van der Waals surface area contributed by atoms with E-state index >= 15 is 0 Å². The van der Waals surface area contributed by atoms with Crippen LogP contribution in [0.2, 0.25) is 0 Å². The van der Waals surface area contributed by atoms with Gasteiger partial charge in [-0.15, -0.1) is 0 Å². The Labute approximate surface area is 168 Å². The highest BCUT2D eigenvalue weighted by Gasteiger charge is 2.14. The zero-order valence-corrected chi connectivity index (χ0v) is 16.7. The minimum Gasteiger partial charge on any atom is -0.341 e. The molecule has 0 spiro atoms. The van der Waals surface area contributed by atoms with Gasteiger partial charge in [-0.3, -0.25) is 18.7 Å². The third-order valence-corrected chi connectivity index (χ3v) is 4.71. The highest BCUT2D eigenvalue weighted by molar-refractivity contribution is 5.90. The van der Waals surface area contributed by atoms with Crippen LogP contribution in [0.25, 0.3) is 0 Å². The summed E-state index contributed by atoms with van der Waals surface area (Å²) in [6.45, 7) is 3.70. The van der Waals surface area contributed by atoms with Crippen LogP contribution < -0.4 is 21.9 Å². The SMILES string of the molecule is CCC(=O)Nc1ccc(Nc2c(C)c(=O)n(Cc3ccccc3)c(=O)n2C)cc1. The number of hydrogen-bond acceptors (Lipinski definition) is 4. The number of rotatable bonds is 6. The molecule has 0 aliphatic carbocycles. The van der Waals surface area contributed by atoms with Crippen LogP contribution in [0.4, 0.5) is 17.2 Å². The molecule has 1 heterocycles. The van der Waals surface area contributed by atoms with Gasteiger partial charge in [0.1, 0.15) is 5.82 Å². The van der Waals surface area contributed by atoms with Crippen molar-refractivity contribution in [2.75, 3.05) is 10.6 Å². The maximum atomic E-state index is 12.8. The molecule has 2 aromatic carbocycles. The number of amides is 1. The first-order chi connectivity index (χ1) is 13.9. The van der Waals surface area contributed by atoms with Crippen LogP contribution in [0, 0.1) is 6.92 Å². The molecule has 3 aromatic rings. The first kappa shape index (κ1) is 20.1. The molecule has 7 nitrogen and oxygen atoms in total. The first-order valence-corrected chi connectivity index (χ1v) is 9.42. The maximum absolute atomic E-state index is 12.8. The number of benzene rings is 2. The Morgan fingerprint density at radius 2 is 1.59 bits per heavy atom. The Hall–Kier alpha value is -3.61. The Morgan fingerprint density at radius 1 is 0.966 bits per heavy atom. The van der Waals surface area contributed by atoms with Gasteiger partial charge >= 0.3 is 5.69 Å². The minimum atomic E-state index is -0.390. The normalized spacial score (nSPS) is 10.6. The standard InChI is InChI=1S/C22H24N4O3/c1-4-19(27)23-17-10-12-18(13-11-17)24-20-15(2)21(28)26(22(29)25(20)3)14-16-8-6-5-7-9-16/h5-13,24H,4,14H2,1-3H3,(H,23,27). The highest BCUT2D eigenvalue weighted by atomic mass is 16.2. The number of carbonyl (C=O) groups excluding carboxylic acids is 1. The second-order valence-electron chi connectivity index (χ2n) is 6.80. The molecular formula is C22H24N4O3. The molecule has 0 unspecified atom stereocenters. The van der Waals surface area contributed by atoms with Crippen molar-refractivity contribution in [1.82, 2.24) is 9.13 Å². The van der Waals surface area contributed by atoms with Gasteiger partial charge in [0.2, 0.25) is 5.91 Å². The Kier molecular flexibility index (Phi) is 5.97. The molecule has 2 N–H and O–H groups in total. The van der Waals surface area contributed by atoms with Gasteiger partial charge in [0.25, 0.3) is 5.56 Å². The van der Waals surface area contributed by atoms with E-state index in [-0.39, 0.29) is 18.0 Å². The van der Waals surface area contributed by atoms with Crippen molar-refractivity contribution < 1.29 is 4.79 Å². The number of carbonyl (C=O) groups is 1. The molecule has 0 radical (unpaired) electrons. The molecule has 7 heteroatoms. The van der Waals surface area contributed by atoms with Crippen LogP contribution in [0.15, 0.2) is 64.2 Å². The molecule has 0 saturated heterocycles. The van der Waals surface area contributed by atoms with Crippen molar-refractivity contribution in [2.24, 2.45) is 7.05 Å². The summed E-state index contributed by atoms with van der Waals surface area (Å²) < 4.78 is 2.67. The van der Waals surface area contributed by atoms with E-state index in [0.717, 1.165) is 5.56 Å². The molecule has 0 aliphatic heterocycles. The lowest BCUT2D eigenvalue weighted by Gasteiger charge is -2.17. The van der Waals surface area contributed by atoms with E-state index in [1.54, 1.807) is 45.2 Å². The van der Waals surface area contributed by atoms with Crippen LogP contribution in [0.5, 0.6) is 0 Å². The molecule has 3 rings (SSSR count). The lowest BCUT2D eigenvalue weighted by Crippen LogP contribution is -2.41. The minimum absolute atomic E-state index is 0.0639. The Bertz CT molecular complexity index is 1090. The van der Waals surface area contributed by atoms with E-state index in [1.165, 1.54) is 9.13 Å². The van der Waals surface area contributed by atoms with Crippen LogP contribution in [0.1, 0.15) is 24.5 Å². The first-order valence-electron chi connectivity index (χ1n) is 9.42. The van der Waals surface area contributed by atoms with Crippen LogP contribution in [-0.4, -0.2) is 15.0 Å². The van der Waals surface area contributed by atoms with Gasteiger partial charge in [0, 0.05) is 24.8 Å². The van der Waals surface area contributed by atoms with Gasteiger partial charge in [0.15, 0.2) is 0 Å². The summed E-state index contributed by atoms with van der Waals surface area (Å²) in [7, 11) is 1.63. The van der Waals surface area contributed by atoms with Gasteiger partial charge in [0.05, 0.1) is 12.1 Å². The van der Waals surface area contributed by atoms with Gasteiger partial charge in [-0.25, -0.2) is 4.79 Å². The van der Waals surface area contributed by atoms with Gasteiger partial charge in [-0.05, 0) is 36.8 Å². The fraction of sp³-hybridized carbons (Fsp3) is 0.227. The van der Waals surface area contributed by atoms with Crippen molar-refractivity contribution in [1.29, 1.82) is 0 Å². The summed E-state index contributed by atoms with van der Waals surface area (Å²) >= 11 is 0. The fourth-order valence-electron chi connectivity index (χ4n) is 3.02. The molecule has 0 saturated carbocycles. The zero-order valence-electron chi connectivity index (χ0n) is 16.7. The summed E-state index contributed by atoms with van der Waals surface area (Å²) in [6, 6.07) is 16.5. The summed E-state index contributed by atoms with van der Waals surface area (Å²) in [6.07, 6.45) is 0.403. The van der Waals surface area contributed by atoms with Crippen LogP contribution in [-0.2, 0) is 18.4 Å². The summed E-state index contributed by atoms with van der Waals surface area (Å²) in [5, 5.41) is 5.92. The van der Waals surface area contributed by atoms with Crippen LogP contribution in [0.3, 0.4) is 0 Å². The summed E-state index contributed by atoms with van der Waals surface area (Å²) in [5.41, 5.74) is 2.01. The number of aromatic nitrogens is 2. The predicted molar refractivity (Wildman–Crippen MR) is 115 cm³/mol. The second kappa shape index (κ2) is 8.60. The van der Waals surface area contributed by atoms with Crippen molar-refractivity contribution in [3.8, 4) is 0 Å². The molecule has 150 valence electrons. The van der Waals surface area contributed by atoms with Gasteiger partial charge in [-0.1, -0.05) is 37.3 Å². The lowest BCUT2D eigenvalue weighted by atomic mass is 10.2. The second-order valence-corrected chi connectivity index (χ2v) is 6.80. The quantitative estimate of drug-likeness (QED) is 0.675. The number of nitrogens with one attached hydrogen (secondary N) is 2. The molecule has 1 amide bonds. The topological polar surface area (TPSA) is 85.1 Å².